The van der Waals surface area contributed by atoms with E-state index in [-0.39, 0.29) is 11.5 Å². The van der Waals surface area contributed by atoms with Gasteiger partial charge in [0, 0.05) is 55.4 Å². The Morgan fingerprint density at radius 1 is 0.340 bits per heavy atom. The van der Waals surface area contributed by atoms with Gasteiger partial charge in [0.2, 0.25) is 0 Å². The third kappa shape index (κ3) is 4.98. The Kier molecular flexibility index (Phi) is 6.99. The second kappa shape index (κ2) is 12.0. The molecule has 2 aliphatic heterocycles. The molecule has 4 aromatic carbocycles. The number of benzene rings is 4. The minimum Gasteiger partial charge on any atom is -0.507 e. The molecule has 0 saturated carbocycles. The average Bonchev–Trinajstić information content (AvgIpc) is 3.98. The number of rotatable bonds is 4. The monoisotopic (exact) mass is 646 g/mol. The summed E-state index contributed by atoms with van der Waals surface area (Å²) in [4.78, 5) is 17.9. The minimum atomic E-state index is 0.148. The van der Waals surface area contributed by atoms with E-state index in [9.17, 15) is 10.2 Å². The van der Waals surface area contributed by atoms with Gasteiger partial charge in [-0.1, -0.05) is 97.1 Å². The number of para-hydroxylation sites is 2. The molecule has 0 aliphatic carbocycles. The van der Waals surface area contributed by atoms with Crippen LogP contribution in [0.2, 0.25) is 0 Å². The molecule has 0 fully saturated rings. The van der Waals surface area contributed by atoms with Crippen molar-refractivity contribution in [2.75, 3.05) is 0 Å². The van der Waals surface area contributed by atoms with Crippen molar-refractivity contribution in [2.45, 2.75) is 0 Å². The quantitative estimate of drug-likeness (QED) is 0.153. The van der Waals surface area contributed by atoms with E-state index in [0.717, 1.165) is 66.8 Å². The molecular formula is C44H30N4O2. The molecule has 3 aromatic heterocycles. The first-order valence-electron chi connectivity index (χ1n) is 16.5. The van der Waals surface area contributed by atoms with Crippen LogP contribution in [-0.4, -0.2) is 30.1 Å². The van der Waals surface area contributed by atoms with Crippen molar-refractivity contribution < 1.29 is 10.2 Å². The summed E-state index contributed by atoms with van der Waals surface area (Å²) in [6.07, 6.45) is 8.07. The molecule has 2 aliphatic rings. The number of aromatic amines is 2. The molecule has 50 heavy (non-hydrogen) atoms. The normalized spacial score (nSPS) is 12.0. The fraction of sp³-hybridized carbons (Fsp3) is 0. The first kappa shape index (κ1) is 29.2. The van der Waals surface area contributed by atoms with Crippen LogP contribution in [0, 0.1) is 0 Å². The predicted molar refractivity (Wildman–Crippen MR) is 204 cm³/mol. The van der Waals surface area contributed by atoms with Gasteiger partial charge in [0.15, 0.2) is 0 Å². The van der Waals surface area contributed by atoms with Crippen molar-refractivity contribution in [1.29, 1.82) is 0 Å². The molecule has 9 rings (SSSR count). The van der Waals surface area contributed by atoms with E-state index in [0.29, 0.717) is 22.5 Å². The second-order valence-electron chi connectivity index (χ2n) is 12.3. The molecule has 8 bridgehead atoms. The van der Waals surface area contributed by atoms with Crippen LogP contribution < -0.4 is 0 Å². The van der Waals surface area contributed by atoms with Crippen molar-refractivity contribution in [3.8, 4) is 56.0 Å². The van der Waals surface area contributed by atoms with Crippen LogP contribution in [0.1, 0.15) is 22.8 Å². The first-order chi connectivity index (χ1) is 24.6. The molecule has 0 unspecified atom stereocenters. The van der Waals surface area contributed by atoms with E-state index in [1.54, 1.807) is 12.1 Å². The maximum Gasteiger partial charge on any atom is 0.123 e. The van der Waals surface area contributed by atoms with Crippen LogP contribution >= 0.6 is 0 Å². The van der Waals surface area contributed by atoms with Crippen LogP contribution in [0.15, 0.2) is 133 Å². The van der Waals surface area contributed by atoms with Crippen molar-refractivity contribution >= 4 is 46.4 Å². The van der Waals surface area contributed by atoms with Gasteiger partial charge in [0.25, 0.3) is 0 Å². The molecule has 5 heterocycles. The van der Waals surface area contributed by atoms with E-state index in [1.165, 1.54) is 0 Å². The van der Waals surface area contributed by atoms with Gasteiger partial charge in [0.05, 0.1) is 22.8 Å². The molecule has 0 amide bonds. The van der Waals surface area contributed by atoms with E-state index >= 15 is 0 Å². The van der Waals surface area contributed by atoms with Crippen LogP contribution in [0.3, 0.4) is 0 Å². The van der Waals surface area contributed by atoms with Crippen LogP contribution in [-0.2, 0) is 0 Å². The zero-order valence-electron chi connectivity index (χ0n) is 26.8. The van der Waals surface area contributed by atoms with Crippen molar-refractivity contribution in [2.24, 2.45) is 0 Å². The topological polar surface area (TPSA) is 97.8 Å². The summed E-state index contributed by atoms with van der Waals surface area (Å²) in [5, 5.41) is 22.3. The molecule has 0 radical (unpaired) electrons. The van der Waals surface area contributed by atoms with Gasteiger partial charge in [-0.05, 0) is 71.8 Å². The number of aromatic hydroxyl groups is 2. The molecule has 6 nitrogen and oxygen atoms in total. The standard InChI is InChI=1S/C44H30N4O2/c49-39-17-9-7-15-29(39)43-35-23-21-33(46-35)41(27-11-3-1-4-12-27)31-19-20-32(45-31)42(28-13-5-2-6-14-28)34-22-24-36(47-34)44(38-26-25-37(43)48-38)30-16-8-10-18-40(30)50/h1-26,46-47,49-50H. The van der Waals surface area contributed by atoms with Gasteiger partial charge >= 0.3 is 0 Å². The number of phenolic OH excluding ortho intramolecular Hbond substituents is 2. The van der Waals surface area contributed by atoms with Gasteiger partial charge in [-0.15, -0.1) is 0 Å². The Labute approximate surface area is 288 Å². The summed E-state index contributed by atoms with van der Waals surface area (Å²) >= 11 is 0. The van der Waals surface area contributed by atoms with Gasteiger partial charge in [0.1, 0.15) is 11.5 Å². The zero-order chi connectivity index (χ0) is 33.6. The summed E-state index contributed by atoms with van der Waals surface area (Å²) in [7, 11) is 0. The second-order valence-corrected chi connectivity index (χ2v) is 12.3. The molecule has 4 N–H and O–H groups in total. The highest BCUT2D eigenvalue weighted by Crippen LogP contribution is 2.41. The number of nitrogens with zero attached hydrogens (tertiary/aromatic N) is 2. The molecule has 0 spiro atoms. The Bertz CT molecular complexity index is 2490. The number of phenols is 2. The lowest BCUT2D eigenvalue weighted by Gasteiger charge is -2.08. The van der Waals surface area contributed by atoms with Crippen LogP contribution in [0.5, 0.6) is 11.5 Å². The smallest absolute Gasteiger partial charge is 0.123 e. The van der Waals surface area contributed by atoms with E-state index < -0.39 is 0 Å². The summed E-state index contributed by atoms with van der Waals surface area (Å²) in [5.41, 5.74) is 13.1. The predicted octanol–water partition coefficient (Wildman–Crippen LogP) is 10.7. The van der Waals surface area contributed by atoms with Gasteiger partial charge in [-0.3, -0.25) is 0 Å². The third-order valence-electron chi connectivity index (χ3n) is 9.23. The highest BCUT2D eigenvalue weighted by molar-refractivity contribution is 6.00. The maximum atomic E-state index is 11.2. The SMILES string of the molecule is Oc1ccccc1-c1c2nc(c(-c3ccccc3O)c3ccc([nH]3)c(-c3ccccc3)c3nc(c(-c4ccccc4)c4ccc1[nH]4)C=C3)C=C2. The number of fused-ring (bicyclic) bond motifs is 8. The van der Waals surface area contributed by atoms with Crippen molar-refractivity contribution in [3.05, 3.63) is 156 Å². The Balaban J connectivity index is 1.50. The Hall–Kier alpha value is -6.92. The highest BCUT2D eigenvalue weighted by Gasteiger charge is 2.20. The van der Waals surface area contributed by atoms with E-state index in [4.69, 9.17) is 9.97 Å². The molecule has 6 heteroatoms. The lowest BCUT2D eigenvalue weighted by atomic mass is 10.0. The van der Waals surface area contributed by atoms with Crippen LogP contribution in [0.25, 0.3) is 90.9 Å². The fourth-order valence-electron chi connectivity index (χ4n) is 6.96. The van der Waals surface area contributed by atoms with Crippen molar-refractivity contribution in [1.82, 2.24) is 19.9 Å². The zero-order valence-corrected chi connectivity index (χ0v) is 26.8. The van der Waals surface area contributed by atoms with E-state index in [1.807, 2.05) is 97.1 Å². The lowest BCUT2D eigenvalue weighted by molar-refractivity contribution is 0.477. The number of nitrogens with one attached hydrogen (secondary N) is 2. The molecular weight excluding hydrogens is 617 g/mol. The minimum absolute atomic E-state index is 0.148. The molecule has 238 valence electrons. The Morgan fingerprint density at radius 2 is 0.660 bits per heavy atom. The third-order valence-corrected chi connectivity index (χ3v) is 9.23. The summed E-state index contributed by atoms with van der Waals surface area (Å²) < 4.78 is 0. The molecule has 0 atom stereocenters. The van der Waals surface area contributed by atoms with Crippen molar-refractivity contribution in [3.63, 3.8) is 0 Å². The van der Waals surface area contributed by atoms with Gasteiger partial charge in [-0.2, -0.15) is 0 Å². The highest BCUT2D eigenvalue weighted by atomic mass is 16.3. The lowest BCUT2D eigenvalue weighted by Crippen LogP contribution is -1.90. The molecule has 0 saturated heterocycles. The number of hydrogen-bond acceptors (Lipinski definition) is 4. The molecule has 7 aromatic rings. The largest absolute Gasteiger partial charge is 0.507 e. The van der Waals surface area contributed by atoms with Gasteiger partial charge in [-0.25, -0.2) is 9.97 Å². The first-order valence-corrected chi connectivity index (χ1v) is 16.5. The van der Waals surface area contributed by atoms with Crippen LogP contribution in [0.4, 0.5) is 0 Å². The average molecular weight is 647 g/mol. The maximum absolute atomic E-state index is 11.2. The summed E-state index contributed by atoms with van der Waals surface area (Å²) in [6, 6.07) is 43.3. The number of H-pyrrole nitrogens is 2. The summed E-state index contributed by atoms with van der Waals surface area (Å²) in [5.74, 6) is 0.296. The van der Waals surface area contributed by atoms with E-state index in [2.05, 4.69) is 58.5 Å². The van der Waals surface area contributed by atoms with Gasteiger partial charge < -0.3 is 20.2 Å². The summed E-state index contributed by atoms with van der Waals surface area (Å²) in [6.45, 7) is 0. The fourth-order valence-corrected chi connectivity index (χ4v) is 6.96. The Morgan fingerprint density at radius 3 is 1.04 bits per heavy atom. The number of aromatic nitrogens is 4. The number of hydrogen-bond donors (Lipinski definition) is 4.